The van der Waals surface area contributed by atoms with E-state index in [-0.39, 0.29) is 23.4 Å². The Balaban J connectivity index is 2.20. The van der Waals surface area contributed by atoms with Crippen LogP contribution in [0.4, 0.5) is 4.79 Å². The summed E-state index contributed by atoms with van der Waals surface area (Å²) in [6.45, 7) is 6.74. The summed E-state index contributed by atoms with van der Waals surface area (Å²) in [5.41, 5.74) is 0. The fourth-order valence-electron chi connectivity index (χ4n) is 3.39. The molecule has 2 fully saturated rings. The zero-order chi connectivity index (χ0) is 15.6. The number of nitrogens with zero attached hydrogens (tertiary/aromatic N) is 2. The van der Waals surface area contributed by atoms with Crippen molar-refractivity contribution >= 4 is 23.8 Å². The van der Waals surface area contributed by atoms with E-state index in [0.717, 1.165) is 12.8 Å². The number of urea groups is 1. The highest BCUT2D eigenvalue weighted by Gasteiger charge is 2.45. The van der Waals surface area contributed by atoms with E-state index >= 15 is 0 Å². The molecular formula is C15H26N2O3S. The molecule has 0 aromatic rings. The molecule has 1 saturated carbocycles. The molecule has 5 nitrogen and oxygen atoms in total. The number of hydrogen-bond acceptors (Lipinski definition) is 3. The molecule has 0 aromatic carbocycles. The van der Waals surface area contributed by atoms with Crippen molar-refractivity contribution in [2.24, 2.45) is 5.92 Å². The van der Waals surface area contributed by atoms with Gasteiger partial charge in [0.25, 0.3) is 0 Å². The highest BCUT2D eigenvalue weighted by molar-refractivity contribution is 8.00. The summed E-state index contributed by atoms with van der Waals surface area (Å²) in [7, 11) is 0. The summed E-state index contributed by atoms with van der Waals surface area (Å²) in [5, 5.41) is 9.39. The van der Waals surface area contributed by atoms with E-state index in [2.05, 4.69) is 0 Å². The Morgan fingerprint density at radius 1 is 1.33 bits per heavy atom. The Morgan fingerprint density at radius 2 is 1.95 bits per heavy atom. The average molecular weight is 314 g/mol. The molecule has 1 saturated heterocycles. The molecule has 6 heteroatoms. The van der Waals surface area contributed by atoms with Crippen LogP contribution >= 0.6 is 11.8 Å². The lowest BCUT2D eigenvalue weighted by atomic mass is 10.1. The maximum Gasteiger partial charge on any atom is 0.327 e. The number of amides is 2. The topological polar surface area (TPSA) is 60.9 Å². The van der Waals surface area contributed by atoms with E-state index in [1.807, 2.05) is 25.7 Å². The van der Waals surface area contributed by atoms with Gasteiger partial charge in [-0.1, -0.05) is 26.7 Å². The zero-order valence-electron chi connectivity index (χ0n) is 13.1. The number of rotatable bonds is 4. The fourth-order valence-corrected chi connectivity index (χ4v) is 4.85. The van der Waals surface area contributed by atoms with Gasteiger partial charge in [-0.15, -0.1) is 11.8 Å². The van der Waals surface area contributed by atoms with Crippen molar-refractivity contribution in [3.63, 3.8) is 0 Å². The SMILES string of the molecule is CCN(C(=O)N1C(C(=O)O)CSC1C(C)C)C1CCCC1. The molecule has 2 aliphatic rings. The second kappa shape index (κ2) is 6.90. The standard InChI is InChI=1S/C15H26N2O3S/c1-4-16(11-7-5-6-8-11)15(20)17-12(14(18)19)9-21-13(17)10(2)3/h10-13H,4-9H2,1-3H3,(H,18,19). The number of aliphatic carboxylic acids is 1. The van der Waals surface area contributed by atoms with Gasteiger partial charge in [0.2, 0.25) is 0 Å². The predicted octanol–water partition coefficient (Wildman–Crippen LogP) is 2.86. The van der Waals surface area contributed by atoms with Crippen molar-refractivity contribution < 1.29 is 14.7 Å². The van der Waals surface area contributed by atoms with Gasteiger partial charge in [0.1, 0.15) is 6.04 Å². The maximum atomic E-state index is 13.0. The molecule has 2 rings (SSSR count). The third-order valence-corrected chi connectivity index (χ3v) is 6.08. The molecule has 0 spiro atoms. The van der Waals surface area contributed by atoms with Crippen LogP contribution in [0, 0.1) is 5.92 Å². The van der Waals surface area contributed by atoms with Crippen LogP contribution in [0.3, 0.4) is 0 Å². The zero-order valence-corrected chi connectivity index (χ0v) is 13.9. The van der Waals surface area contributed by atoms with Crippen molar-refractivity contribution in [3.05, 3.63) is 0 Å². The van der Waals surface area contributed by atoms with Crippen molar-refractivity contribution in [1.82, 2.24) is 9.80 Å². The first-order chi connectivity index (χ1) is 9.97. The van der Waals surface area contributed by atoms with Crippen molar-refractivity contribution in [3.8, 4) is 0 Å². The normalized spacial score (nSPS) is 26.6. The lowest BCUT2D eigenvalue weighted by Gasteiger charge is -2.37. The molecule has 21 heavy (non-hydrogen) atoms. The minimum Gasteiger partial charge on any atom is -0.480 e. The van der Waals surface area contributed by atoms with Crippen LogP contribution in [0.2, 0.25) is 0 Å². The molecule has 2 unspecified atom stereocenters. The third kappa shape index (κ3) is 3.30. The van der Waals surface area contributed by atoms with Gasteiger partial charge >= 0.3 is 12.0 Å². The molecule has 0 aromatic heterocycles. The number of carbonyl (C=O) groups is 2. The van der Waals surface area contributed by atoms with Crippen LogP contribution in [-0.2, 0) is 4.79 Å². The fraction of sp³-hybridized carbons (Fsp3) is 0.867. The van der Waals surface area contributed by atoms with Crippen molar-refractivity contribution in [2.75, 3.05) is 12.3 Å². The second-order valence-electron chi connectivity index (χ2n) is 6.24. The van der Waals surface area contributed by atoms with Crippen LogP contribution in [0.5, 0.6) is 0 Å². The average Bonchev–Trinajstić information content (AvgIpc) is 3.08. The molecule has 1 heterocycles. The van der Waals surface area contributed by atoms with E-state index in [1.54, 1.807) is 16.7 Å². The van der Waals surface area contributed by atoms with Gasteiger partial charge in [0.15, 0.2) is 0 Å². The molecule has 2 atom stereocenters. The van der Waals surface area contributed by atoms with Gasteiger partial charge in [-0.2, -0.15) is 0 Å². The Morgan fingerprint density at radius 3 is 2.43 bits per heavy atom. The number of carboxylic acid groups (broad SMARTS) is 1. The van der Waals surface area contributed by atoms with Crippen LogP contribution in [0.25, 0.3) is 0 Å². The first-order valence-corrected chi connectivity index (χ1v) is 8.95. The molecule has 1 N–H and O–H groups in total. The Hall–Kier alpha value is -0.910. The Bertz CT molecular complexity index is 396. The largest absolute Gasteiger partial charge is 0.480 e. The molecule has 0 bridgehead atoms. The van der Waals surface area contributed by atoms with Gasteiger partial charge in [-0.25, -0.2) is 9.59 Å². The van der Waals surface area contributed by atoms with E-state index in [1.165, 1.54) is 12.8 Å². The smallest absolute Gasteiger partial charge is 0.327 e. The highest BCUT2D eigenvalue weighted by Crippen LogP contribution is 2.36. The molecule has 120 valence electrons. The van der Waals surface area contributed by atoms with Gasteiger partial charge in [0, 0.05) is 18.3 Å². The summed E-state index contributed by atoms with van der Waals surface area (Å²) >= 11 is 1.59. The van der Waals surface area contributed by atoms with Crippen molar-refractivity contribution in [2.45, 2.75) is 63.9 Å². The Labute approximate surface area is 131 Å². The summed E-state index contributed by atoms with van der Waals surface area (Å²) in [4.78, 5) is 28.0. The van der Waals surface area contributed by atoms with Gasteiger partial charge in [0.05, 0.1) is 5.37 Å². The first kappa shape index (κ1) is 16.5. The van der Waals surface area contributed by atoms with Crippen LogP contribution in [0.15, 0.2) is 0 Å². The summed E-state index contributed by atoms with van der Waals surface area (Å²) in [6, 6.07) is -0.485. The summed E-state index contributed by atoms with van der Waals surface area (Å²) in [6.07, 6.45) is 4.42. The Kier molecular flexibility index (Phi) is 5.41. The molecular weight excluding hydrogens is 288 g/mol. The van der Waals surface area contributed by atoms with Crippen LogP contribution in [0.1, 0.15) is 46.5 Å². The van der Waals surface area contributed by atoms with E-state index < -0.39 is 12.0 Å². The number of carboxylic acids is 1. The molecule has 0 radical (unpaired) electrons. The summed E-state index contributed by atoms with van der Waals surface area (Å²) in [5.74, 6) is -0.140. The minimum absolute atomic E-state index is 0.0333. The quantitative estimate of drug-likeness (QED) is 0.867. The molecule has 1 aliphatic carbocycles. The van der Waals surface area contributed by atoms with Crippen LogP contribution in [-0.4, -0.2) is 56.7 Å². The second-order valence-corrected chi connectivity index (χ2v) is 7.39. The maximum absolute atomic E-state index is 13.0. The van der Waals surface area contributed by atoms with Gasteiger partial charge in [-0.3, -0.25) is 4.90 Å². The minimum atomic E-state index is -0.888. The number of thioether (sulfide) groups is 1. The van der Waals surface area contributed by atoms with E-state index in [0.29, 0.717) is 12.3 Å². The third-order valence-electron chi connectivity index (χ3n) is 4.46. The van der Waals surface area contributed by atoms with E-state index in [4.69, 9.17) is 0 Å². The number of carbonyl (C=O) groups excluding carboxylic acids is 1. The lowest BCUT2D eigenvalue weighted by molar-refractivity contribution is -0.141. The highest BCUT2D eigenvalue weighted by atomic mass is 32.2. The molecule has 1 aliphatic heterocycles. The molecule has 2 amide bonds. The number of hydrogen-bond donors (Lipinski definition) is 1. The van der Waals surface area contributed by atoms with Crippen LogP contribution < -0.4 is 0 Å². The predicted molar refractivity (Wildman–Crippen MR) is 84.4 cm³/mol. The monoisotopic (exact) mass is 314 g/mol. The lowest BCUT2D eigenvalue weighted by Crippen LogP contribution is -2.54. The first-order valence-electron chi connectivity index (χ1n) is 7.90. The van der Waals surface area contributed by atoms with Gasteiger partial charge in [-0.05, 0) is 25.7 Å². The summed E-state index contributed by atoms with van der Waals surface area (Å²) < 4.78 is 0. The van der Waals surface area contributed by atoms with E-state index in [9.17, 15) is 14.7 Å². The van der Waals surface area contributed by atoms with Crippen molar-refractivity contribution in [1.29, 1.82) is 0 Å². The van der Waals surface area contributed by atoms with Gasteiger partial charge < -0.3 is 10.0 Å².